The molecule has 264 valence electrons. The van der Waals surface area contributed by atoms with Crippen LogP contribution in [0, 0.1) is 11.3 Å². The number of nitriles is 1. The lowest BCUT2D eigenvalue weighted by Gasteiger charge is -2.17. The molecule has 57 heavy (non-hydrogen) atoms. The SMILES string of the molecule is N#Cc1ccc2c(c1)c1cc(-c3cc4c5ccccc5c(-c5cc(-c6ccccn6)cc(-c6ccccn6)c5)cc4c4ccccc34)ccc1n2-c1ccccc1. The first-order valence-corrected chi connectivity index (χ1v) is 19.1. The Morgan fingerprint density at radius 2 is 0.877 bits per heavy atom. The van der Waals surface area contributed by atoms with Gasteiger partial charge < -0.3 is 4.57 Å². The van der Waals surface area contributed by atoms with E-state index in [0.717, 1.165) is 66.7 Å². The number of fused-ring (bicyclic) bond motifs is 8. The van der Waals surface area contributed by atoms with Crippen LogP contribution in [0.15, 0.2) is 194 Å². The van der Waals surface area contributed by atoms with Crippen LogP contribution in [0.5, 0.6) is 0 Å². The Balaban J connectivity index is 1.17. The average molecular weight is 725 g/mol. The quantitative estimate of drug-likeness (QED) is 0.166. The molecule has 0 bridgehead atoms. The van der Waals surface area contributed by atoms with Crippen molar-refractivity contribution < 1.29 is 0 Å². The number of pyridine rings is 2. The number of para-hydroxylation sites is 1. The van der Waals surface area contributed by atoms with Gasteiger partial charge in [0.25, 0.3) is 0 Å². The van der Waals surface area contributed by atoms with Gasteiger partial charge in [-0.05, 0) is 152 Å². The second-order valence-corrected chi connectivity index (χ2v) is 14.5. The minimum absolute atomic E-state index is 0.649. The smallest absolute Gasteiger partial charge is 0.0991 e. The minimum Gasteiger partial charge on any atom is -0.309 e. The lowest BCUT2D eigenvalue weighted by molar-refractivity contribution is 1.18. The number of rotatable bonds is 5. The molecule has 0 fully saturated rings. The van der Waals surface area contributed by atoms with Crippen LogP contribution in [0.1, 0.15) is 5.56 Å². The largest absolute Gasteiger partial charge is 0.309 e. The normalized spacial score (nSPS) is 11.5. The molecule has 0 aliphatic heterocycles. The maximum Gasteiger partial charge on any atom is 0.0991 e. The van der Waals surface area contributed by atoms with Crippen LogP contribution >= 0.6 is 0 Å². The van der Waals surface area contributed by atoms with E-state index in [4.69, 9.17) is 9.97 Å². The van der Waals surface area contributed by atoms with E-state index in [9.17, 15) is 5.26 Å². The summed E-state index contributed by atoms with van der Waals surface area (Å²) in [5, 5.41) is 19.2. The van der Waals surface area contributed by atoms with E-state index in [2.05, 4.69) is 150 Å². The van der Waals surface area contributed by atoms with E-state index in [0.29, 0.717) is 5.56 Å². The van der Waals surface area contributed by atoms with Crippen molar-refractivity contribution in [3.8, 4) is 56.5 Å². The molecule has 4 nitrogen and oxygen atoms in total. The molecule has 8 aromatic carbocycles. The molecule has 0 saturated carbocycles. The summed E-state index contributed by atoms with van der Waals surface area (Å²) >= 11 is 0. The predicted molar refractivity (Wildman–Crippen MR) is 235 cm³/mol. The Morgan fingerprint density at radius 3 is 1.46 bits per heavy atom. The number of benzene rings is 8. The van der Waals surface area contributed by atoms with Crippen molar-refractivity contribution in [1.82, 2.24) is 14.5 Å². The van der Waals surface area contributed by atoms with E-state index < -0.39 is 0 Å². The number of hydrogen-bond acceptors (Lipinski definition) is 3. The standard InChI is InChI=1S/C53H32N4/c54-33-34-20-22-52-48(26-34)49-30-35(21-23-53(49)57(52)39-12-2-1-3-13-39)44-31-46-43-17-7-5-15-41(43)45(32-47(46)42-16-6-4-14-40(42)44)36-27-37(50-18-8-10-24-55-50)29-38(28-36)51-19-9-11-25-56-51/h1-32H. The molecular formula is C53H32N4. The fraction of sp³-hybridized carbons (Fsp3) is 0. The van der Waals surface area contributed by atoms with Gasteiger partial charge in [0, 0.05) is 40.0 Å². The molecule has 0 N–H and O–H groups in total. The maximum absolute atomic E-state index is 9.89. The first-order chi connectivity index (χ1) is 28.2. The number of nitrogens with zero attached hydrogens (tertiary/aromatic N) is 4. The van der Waals surface area contributed by atoms with Gasteiger partial charge in [0.2, 0.25) is 0 Å². The van der Waals surface area contributed by atoms with Gasteiger partial charge in [-0.1, -0.05) is 84.9 Å². The fourth-order valence-electron chi connectivity index (χ4n) is 8.69. The lowest BCUT2D eigenvalue weighted by atomic mass is 9.86. The molecule has 3 heterocycles. The minimum atomic E-state index is 0.649. The topological polar surface area (TPSA) is 54.5 Å². The van der Waals surface area contributed by atoms with Gasteiger partial charge >= 0.3 is 0 Å². The van der Waals surface area contributed by atoms with Crippen LogP contribution in [0.25, 0.3) is 105 Å². The van der Waals surface area contributed by atoms with Gasteiger partial charge in [0.15, 0.2) is 0 Å². The number of hydrogen-bond donors (Lipinski definition) is 0. The highest BCUT2D eigenvalue weighted by Gasteiger charge is 2.19. The van der Waals surface area contributed by atoms with Gasteiger partial charge in [0.1, 0.15) is 0 Å². The van der Waals surface area contributed by atoms with Crippen molar-refractivity contribution in [2.75, 3.05) is 0 Å². The zero-order chi connectivity index (χ0) is 37.9. The molecule has 0 amide bonds. The van der Waals surface area contributed by atoms with Crippen molar-refractivity contribution >= 4 is 54.1 Å². The summed E-state index contributed by atoms with van der Waals surface area (Å²) < 4.78 is 2.30. The third kappa shape index (κ3) is 5.37. The summed E-state index contributed by atoms with van der Waals surface area (Å²) in [4.78, 5) is 9.47. The highest BCUT2D eigenvalue weighted by molar-refractivity contribution is 6.24. The molecule has 0 radical (unpaired) electrons. The third-order valence-corrected chi connectivity index (χ3v) is 11.3. The number of aromatic nitrogens is 3. The van der Waals surface area contributed by atoms with Crippen molar-refractivity contribution in [1.29, 1.82) is 5.26 Å². The van der Waals surface area contributed by atoms with Crippen LogP contribution in [0.3, 0.4) is 0 Å². The highest BCUT2D eigenvalue weighted by Crippen LogP contribution is 2.44. The predicted octanol–water partition coefficient (Wildman–Crippen LogP) is 13.6. The van der Waals surface area contributed by atoms with Gasteiger partial charge in [-0.15, -0.1) is 0 Å². The van der Waals surface area contributed by atoms with E-state index in [1.165, 1.54) is 37.9 Å². The highest BCUT2D eigenvalue weighted by atomic mass is 15.0. The summed E-state index contributed by atoms with van der Waals surface area (Å²) in [6, 6.07) is 66.7. The van der Waals surface area contributed by atoms with Crippen molar-refractivity contribution in [2.45, 2.75) is 0 Å². The summed E-state index contributed by atoms with van der Waals surface area (Å²) in [7, 11) is 0. The van der Waals surface area contributed by atoms with E-state index >= 15 is 0 Å². The second kappa shape index (κ2) is 13.2. The zero-order valence-corrected chi connectivity index (χ0v) is 30.8. The Hall–Kier alpha value is -7.87. The summed E-state index contributed by atoms with van der Waals surface area (Å²) in [6.07, 6.45) is 3.69. The van der Waals surface area contributed by atoms with Crippen LogP contribution in [-0.2, 0) is 0 Å². The Morgan fingerprint density at radius 1 is 0.368 bits per heavy atom. The molecule has 11 aromatic rings. The molecule has 0 aliphatic rings. The average Bonchev–Trinajstić information content (AvgIpc) is 3.62. The first-order valence-electron chi connectivity index (χ1n) is 19.1. The summed E-state index contributed by atoms with van der Waals surface area (Å²) in [5.74, 6) is 0. The first kappa shape index (κ1) is 32.6. The van der Waals surface area contributed by atoms with Crippen LogP contribution in [-0.4, -0.2) is 14.5 Å². The Kier molecular flexibility index (Phi) is 7.52. The summed E-state index contributed by atoms with van der Waals surface area (Å²) in [5.41, 5.74) is 12.4. The maximum atomic E-state index is 9.89. The molecule has 0 saturated heterocycles. The molecular weight excluding hydrogens is 693 g/mol. The molecule has 3 aromatic heterocycles. The van der Waals surface area contributed by atoms with E-state index in [1.54, 1.807) is 0 Å². The van der Waals surface area contributed by atoms with Gasteiger partial charge in [-0.25, -0.2) is 0 Å². The van der Waals surface area contributed by atoms with Crippen LogP contribution < -0.4 is 0 Å². The van der Waals surface area contributed by atoms with Crippen LogP contribution in [0.4, 0.5) is 0 Å². The van der Waals surface area contributed by atoms with Gasteiger partial charge in [-0.3, -0.25) is 9.97 Å². The van der Waals surface area contributed by atoms with Crippen molar-refractivity contribution in [3.05, 3.63) is 200 Å². The zero-order valence-electron chi connectivity index (χ0n) is 30.8. The van der Waals surface area contributed by atoms with Gasteiger partial charge in [0.05, 0.1) is 34.1 Å². The monoisotopic (exact) mass is 724 g/mol. The van der Waals surface area contributed by atoms with Crippen molar-refractivity contribution in [2.24, 2.45) is 0 Å². The third-order valence-electron chi connectivity index (χ3n) is 11.3. The molecule has 11 rings (SSSR count). The van der Waals surface area contributed by atoms with Crippen molar-refractivity contribution in [3.63, 3.8) is 0 Å². The van der Waals surface area contributed by atoms with Crippen LogP contribution in [0.2, 0.25) is 0 Å². The van der Waals surface area contributed by atoms with E-state index in [-0.39, 0.29) is 0 Å². The fourth-order valence-corrected chi connectivity index (χ4v) is 8.69. The molecule has 0 atom stereocenters. The molecule has 4 heteroatoms. The molecule has 0 spiro atoms. The Bertz CT molecular complexity index is 3340. The molecule has 0 aliphatic carbocycles. The second-order valence-electron chi connectivity index (χ2n) is 14.5. The lowest BCUT2D eigenvalue weighted by Crippen LogP contribution is -1.93. The Labute approximate surface area is 329 Å². The summed E-state index contributed by atoms with van der Waals surface area (Å²) in [6.45, 7) is 0. The van der Waals surface area contributed by atoms with Gasteiger partial charge in [-0.2, -0.15) is 5.26 Å². The van der Waals surface area contributed by atoms with E-state index in [1.807, 2.05) is 54.9 Å². The molecule has 0 unspecified atom stereocenters.